The van der Waals surface area contributed by atoms with Crippen molar-refractivity contribution >= 4 is 7.82 Å². The molecule has 7 nitrogen and oxygen atoms in total. The molecule has 0 aromatic heterocycles. The van der Waals surface area contributed by atoms with E-state index in [1.54, 1.807) is 67.6 Å². The molecule has 8 heteroatoms. The molecule has 0 aliphatic carbocycles. The lowest BCUT2D eigenvalue weighted by atomic mass is 10.0. The minimum Gasteiger partial charge on any atom is -0.395 e. The van der Waals surface area contributed by atoms with Crippen molar-refractivity contribution in [3.8, 4) is 11.5 Å². The third-order valence-corrected chi connectivity index (χ3v) is 5.44. The van der Waals surface area contributed by atoms with Gasteiger partial charge < -0.3 is 9.05 Å². The summed E-state index contributed by atoms with van der Waals surface area (Å²) >= 11 is 0. The van der Waals surface area contributed by atoms with Crippen LogP contribution in [0.2, 0.25) is 0 Å². The maximum Gasteiger partial charge on any atom is 0.587 e. The molecule has 148 valence electrons. The third kappa shape index (κ3) is 5.87. The zero-order valence-corrected chi connectivity index (χ0v) is 16.6. The lowest BCUT2D eigenvalue weighted by Gasteiger charge is -2.25. The van der Waals surface area contributed by atoms with E-state index in [0.717, 1.165) is 5.56 Å². The first-order valence-electron chi connectivity index (χ1n) is 8.96. The van der Waals surface area contributed by atoms with Gasteiger partial charge in [0, 0.05) is 4.91 Å². The van der Waals surface area contributed by atoms with Crippen LogP contribution in [0.3, 0.4) is 0 Å². The number of phosphoric acid groups is 1. The molecule has 3 aromatic rings. The molecule has 0 fully saturated rings. The van der Waals surface area contributed by atoms with E-state index in [2.05, 4.69) is 10.0 Å². The van der Waals surface area contributed by atoms with Crippen LogP contribution in [-0.2, 0) is 9.09 Å². The number of hydrogen-bond acceptors (Lipinski definition) is 5. The molecule has 3 aromatic carbocycles. The molecular weight excluding hydrogens is 389 g/mol. The smallest absolute Gasteiger partial charge is 0.395 e. The van der Waals surface area contributed by atoms with E-state index >= 15 is 0 Å². The number of nitrogens with zero attached hydrogens (tertiary/aromatic N) is 3. The van der Waals surface area contributed by atoms with Crippen LogP contribution < -0.4 is 9.05 Å². The van der Waals surface area contributed by atoms with Crippen LogP contribution in [0.1, 0.15) is 18.5 Å². The summed E-state index contributed by atoms with van der Waals surface area (Å²) < 4.78 is 30.5. The molecule has 29 heavy (non-hydrogen) atoms. The zero-order valence-electron chi connectivity index (χ0n) is 15.7. The minimum absolute atomic E-state index is 0.332. The number of azide groups is 1. The molecule has 0 aliphatic heterocycles. The summed E-state index contributed by atoms with van der Waals surface area (Å²) in [6, 6.07) is 25.6. The average molecular weight is 409 g/mol. The van der Waals surface area contributed by atoms with E-state index in [1.165, 1.54) is 0 Å². The molecule has 0 saturated heterocycles. The number of para-hydroxylation sites is 2. The van der Waals surface area contributed by atoms with E-state index in [1.807, 2.05) is 30.3 Å². The lowest BCUT2D eigenvalue weighted by molar-refractivity contribution is 0.135. The van der Waals surface area contributed by atoms with E-state index in [-0.39, 0.29) is 0 Å². The molecule has 0 saturated carbocycles. The Hall–Kier alpha value is -3.24. The summed E-state index contributed by atoms with van der Waals surface area (Å²) in [4.78, 5) is 2.91. The van der Waals surface area contributed by atoms with Crippen molar-refractivity contribution in [2.75, 3.05) is 0 Å². The van der Waals surface area contributed by atoms with E-state index < -0.39 is 20.0 Å². The van der Waals surface area contributed by atoms with Crippen molar-refractivity contribution < 1.29 is 18.1 Å². The summed E-state index contributed by atoms with van der Waals surface area (Å²) in [6.07, 6.45) is -0.786. The molecule has 2 atom stereocenters. The van der Waals surface area contributed by atoms with E-state index in [9.17, 15) is 4.57 Å². The highest BCUT2D eigenvalue weighted by Crippen LogP contribution is 2.52. The summed E-state index contributed by atoms with van der Waals surface area (Å²) in [5, 5.41) is 3.82. The van der Waals surface area contributed by atoms with Gasteiger partial charge in [0.15, 0.2) is 0 Å². The summed E-state index contributed by atoms with van der Waals surface area (Å²) in [5.41, 5.74) is 9.71. The van der Waals surface area contributed by atoms with Gasteiger partial charge in [0.25, 0.3) is 0 Å². The second-order valence-corrected chi connectivity index (χ2v) is 7.60. The Bertz CT molecular complexity index is 951. The molecule has 0 unspecified atom stereocenters. The van der Waals surface area contributed by atoms with Crippen LogP contribution >= 0.6 is 7.82 Å². The molecule has 0 spiro atoms. The predicted octanol–water partition coefficient (Wildman–Crippen LogP) is 6.71. The molecule has 0 amide bonds. The van der Waals surface area contributed by atoms with Gasteiger partial charge in [0.05, 0.1) is 12.1 Å². The van der Waals surface area contributed by atoms with Gasteiger partial charge in [0.2, 0.25) is 0 Å². The summed E-state index contributed by atoms with van der Waals surface area (Å²) in [7, 11) is -4.10. The van der Waals surface area contributed by atoms with Gasteiger partial charge >= 0.3 is 7.82 Å². The van der Waals surface area contributed by atoms with Crippen LogP contribution in [0.5, 0.6) is 11.5 Å². The highest BCUT2D eigenvalue weighted by molar-refractivity contribution is 7.49. The number of hydrogen-bond donors (Lipinski definition) is 0. The molecule has 0 N–H and O–H groups in total. The second-order valence-electron chi connectivity index (χ2n) is 6.13. The molecular formula is C21H20N3O4P. The topological polar surface area (TPSA) is 93.5 Å². The minimum atomic E-state index is -4.10. The maximum atomic E-state index is 13.5. The summed E-state index contributed by atoms with van der Waals surface area (Å²) in [5.74, 6) is 0.665. The first-order chi connectivity index (χ1) is 14.1. The standard InChI is InChI=1S/C21H20N3O4P/c1-17(21(23-24-22)18-11-5-2-6-12-18)26-29(25,27-19-13-7-3-8-14-19)28-20-15-9-4-10-16-20/h2-17,21H,1H3/t17-,21+/m0/s1. The lowest BCUT2D eigenvalue weighted by Crippen LogP contribution is -2.19. The van der Waals surface area contributed by atoms with Gasteiger partial charge in [-0.2, -0.15) is 0 Å². The Morgan fingerprint density at radius 2 is 1.28 bits per heavy atom. The van der Waals surface area contributed by atoms with Crippen LogP contribution in [-0.4, -0.2) is 6.10 Å². The monoisotopic (exact) mass is 409 g/mol. The fraction of sp³-hybridized carbons (Fsp3) is 0.143. The molecule has 3 rings (SSSR count). The second kappa shape index (κ2) is 9.80. The van der Waals surface area contributed by atoms with Crippen molar-refractivity contribution in [1.29, 1.82) is 0 Å². The Balaban J connectivity index is 1.88. The fourth-order valence-electron chi connectivity index (χ4n) is 2.68. The quantitative estimate of drug-likeness (QED) is 0.170. The van der Waals surface area contributed by atoms with Crippen LogP contribution in [0.15, 0.2) is 96.1 Å². The van der Waals surface area contributed by atoms with E-state index in [4.69, 9.17) is 19.1 Å². The molecule has 0 radical (unpaired) electrons. The highest BCUT2D eigenvalue weighted by atomic mass is 31.2. The largest absolute Gasteiger partial charge is 0.587 e. The van der Waals surface area contributed by atoms with E-state index in [0.29, 0.717) is 11.5 Å². The van der Waals surface area contributed by atoms with Crippen LogP contribution in [0.4, 0.5) is 0 Å². The van der Waals surface area contributed by atoms with Gasteiger partial charge in [-0.25, -0.2) is 4.57 Å². The zero-order chi connectivity index (χ0) is 20.5. The Morgan fingerprint density at radius 3 is 1.72 bits per heavy atom. The Morgan fingerprint density at radius 1 is 0.828 bits per heavy atom. The molecule has 0 bridgehead atoms. The van der Waals surface area contributed by atoms with Crippen LogP contribution in [0.25, 0.3) is 10.4 Å². The Labute approximate surface area is 169 Å². The van der Waals surface area contributed by atoms with Crippen molar-refractivity contribution in [3.63, 3.8) is 0 Å². The van der Waals surface area contributed by atoms with Gasteiger partial charge in [-0.1, -0.05) is 71.8 Å². The molecule has 0 heterocycles. The maximum absolute atomic E-state index is 13.5. The first-order valence-corrected chi connectivity index (χ1v) is 10.4. The fourth-order valence-corrected chi connectivity index (χ4v) is 4.09. The normalized spacial score (nSPS) is 13.0. The first kappa shape index (κ1) is 20.5. The SMILES string of the molecule is C[C@H](OP(=O)(Oc1ccccc1)Oc1ccccc1)[C@@H](N=[N+]=[N-])c1ccccc1. The Kier molecular flexibility index (Phi) is 6.93. The molecule has 0 aliphatic rings. The van der Waals surface area contributed by atoms with Gasteiger partial charge in [-0.15, -0.1) is 0 Å². The highest BCUT2D eigenvalue weighted by Gasteiger charge is 2.36. The van der Waals surface area contributed by atoms with Gasteiger partial charge in [-0.3, -0.25) is 4.52 Å². The van der Waals surface area contributed by atoms with Crippen LogP contribution in [0, 0.1) is 0 Å². The number of rotatable bonds is 9. The van der Waals surface area contributed by atoms with Gasteiger partial charge in [-0.05, 0) is 42.3 Å². The van der Waals surface area contributed by atoms with Crippen molar-refractivity contribution in [1.82, 2.24) is 0 Å². The predicted molar refractivity (Wildman–Crippen MR) is 111 cm³/mol. The van der Waals surface area contributed by atoms with Crippen molar-refractivity contribution in [2.45, 2.75) is 19.1 Å². The average Bonchev–Trinajstić information content (AvgIpc) is 2.73. The van der Waals surface area contributed by atoms with Crippen molar-refractivity contribution in [2.24, 2.45) is 5.11 Å². The number of phosphoric ester groups is 1. The summed E-state index contributed by atoms with van der Waals surface area (Å²) in [6.45, 7) is 1.65. The number of benzene rings is 3. The van der Waals surface area contributed by atoms with Gasteiger partial charge in [0.1, 0.15) is 11.5 Å². The van der Waals surface area contributed by atoms with Crippen molar-refractivity contribution in [3.05, 3.63) is 107 Å². The third-order valence-electron chi connectivity index (χ3n) is 3.98.